The van der Waals surface area contributed by atoms with E-state index in [-0.39, 0.29) is 11.8 Å². The number of hydrogen-bond donors (Lipinski definition) is 0. The third kappa shape index (κ3) is 7.65. The van der Waals surface area contributed by atoms with Gasteiger partial charge in [-0.2, -0.15) is 0 Å². The van der Waals surface area contributed by atoms with Crippen LogP contribution >= 0.6 is 15.0 Å². The number of hydrogen-bond acceptors (Lipinski definition) is 5. The second kappa shape index (κ2) is 11.2. The lowest BCUT2D eigenvalue weighted by Gasteiger charge is -2.33. The highest BCUT2D eigenvalue weighted by atomic mass is 31.2. The van der Waals surface area contributed by atoms with Crippen LogP contribution in [0.3, 0.4) is 0 Å². The lowest BCUT2D eigenvalue weighted by atomic mass is 9.73. The van der Waals surface area contributed by atoms with Gasteiger partial charge < -0.3 is 13.6 Å². The standard InChI is InChI=1S/C25H40O5P2/c1-9-10-11-12-20-16-23(29-31(6,7)26)25(24(17-20)30-32(8,27)28-5)22-15-19(4)13-14-21(22)18(2)3/h15-17,21-22H,2,9-14H2,1,3-8H3. The molecule has 0 amide bonds. The van der Waals surface area contributed by atoms with E-state index in [0.717, 1.165) is 55.2 Å². The summed E-state index contributed by atoms with van der Waals surface area (Å²) >= 11 is 0. The summed E-state index contributed by atoms with van der Waals surface area (Å²) in [6, 6.07) is 3.94. The Morgan fingerprint density at radius 1 is 1.12 bits per heavy atom. The minimum Gasteiger partial charge on any atom is -0.443 e. The van der Waals surface area contributed by atoms with E-state index in [2.05, 4.69) is 26.5 Å². The van der Waals surface area contributed by atoms with Crippen LogP contribution in [0, 0.1) is 5.92 Å². The summed E-state index contributed by atoms with van der Waals surface area (Å²) in [5, 5.41) is 0. The topological polar surface area (TPSA) is 61.8 Å². The van der Waals surface area contributed by atoms with Gasteiger partial charge in [-0.1, -0.05) is 43.6 Å². The van der Waals surface area contributed by atoms with Crippen LogP contribution in [0.1, 0.15) is 69.9 Å². The fourth-order valence-corrected chi connectivity index (χ4v) is 5.42. The molecule has 2 rings (SSSR count). The van der Waals surface area contributed by atoms with Crippen LogP contribution in [0.2, 0.25) is 0 Å². The van der Waals surface area contributed by atoms with Crippen molar-refractivity contribution < 1.29 is 22.7 Å². The largest absolute Gasteiger partial charge is 0.443 e. The van der Waals surface area contributed by atoms with Gasteiger partial charge in [-0.25, -0.2) is 4.57 Å². The predicted molar refractivity (Wildman–Crippen MR) is 135 cm³/mol. The van der Waals surface area contributed by atoms with Gasteiger partial charge in [0, 0.05) is 38.6 Å². The monoisotopic (exact) mass is 482 g/mol. The van der Waals surface area contributed by atoms with E-state index in [1.54, 1.807) is 13.3 Å². The van der Waals surface area contributed by atoms with Crippen LogP contribution < -0.4 is 9.05 Å². The van der Waals surface area contributed by atoms with Gasteiger partial charge in [0.15, 0.2) is 0 Å². The fraction of sp³-hybridized carbons (Fsp3) is 0.600. The number of rotatable bonds is 11. The minimum atomic E-state index is -3.32. The van der Waals surface area contributed by atoms with E-state index in [0.29, 0.717) is 11.5 Å². The summed E-state index contributed by atoms with van der Waals surface area (Å²) in [4.78, 5) is 0. The number of aryl methyl sites for hydroxylation is 1. The van der Waals surface area contributed by atoms with Crippen molar-refractivity contribution in [3.63, 3.8) is 0 Å². The third-order valence-corrected chi connectivity index (χ3v) is 7.69. The maximum atomic E-state index is 12.9. The average Bonchev–Trinajstić information content (AvgIpc) is 2.66. The van der Waals surface area contributed by atoms with E-state index in [1.807, 2.05) is 19.1 Å². The zero-order valence-corrected chi connectivity index (χ0v) is 22.6. The summed E-state index contributed by atoms with van der Waals surface area (Å²) in [5.41, 5.74) is 4.14. The van der Waals surface area contributed by atoms with Crippen molar-refractivity contribution in [2.75, 3.05) is 27.1 Å². The SMILES string of the molecule is C=C(C)C1CCC(C)=CC1c1c(OP(C)(C)=O)cc(CCCCC)cc1OP(C)(=O)OC. The van der Waals surface area contributed by atoms with Gasteiger partial charge in [-0.05, 0) is 63.1 Å². The molecule has 32 heavy (non-hydrogen) atoms. The van der Waals surface area contributed by atoms with E-state index in [1.165, 1.54) is 19.3 Å². The lowest BCUT2D eigenvalue weighted by molar-refractivity contribution is 0.325. The maximum Gasteiger partial charge on any atom is 0.375 e. The average molecular weight is 483 g/mol. The first kappa shape index (κ1) is 27.0. The van der Waals surface area contributed by atoms with E-state index >= 15 is 0 Å². The van der Waals surface area contributed by atoms with Crippen molar-refractivity contribution in [2.45, 2.75) is 65.2 Å². The molecule has 5 nitrogen and oxygen atoms in total. The zero-order valence-electron chi connectivity index (χ0n) is 20.8. The summed E-state index contributed by atoms with van der Waals surface area (Å²) in [6.45, 7) is 15.2. The second-order valence-electron chi connectivity index (χ2n) is 9.38. The molecule has 0 spiro atoms. The molecular formula is C25H40O5P2. The molecular weight excluding hydrogens is 442 g/mol. The van der Waals surface area contributed by atoms with Gasteiger partial charge in [0.25, 0.3) is 0 Å². The molecule has 0 saturated carbocycles. The van der Waals surface area contributed by atoms with Gasteiger partial charge in [0.1, 0.15) is 11.5 Å². The number of allylic oxidation sites excluding steroid dienone is 3. The highest BCUT2D eigenvalue weighted by molar-refractivity contribution is 7.57. The Morgan fingerprint density at radius 2 is 1.75 bits per heavy atom. The van der Waals surface area contributed by atoms with Crippen molar-refractivity contribution in [3.05, 3.63) is 47.1 Å². The number of benzene rings is 1. The zero-order chi connectivity index (χ0) is 24.1. The van der Waals surface area contributed by atoms with Crippen molar-refractivity contribution in [3.8, 4) is 11.5 Å². The molecule has 0 heterocycles. The molecule has 3 atom stereocenters. The van der Waals surface area contributed by atoms with E-state index in [9.17, 15) is 9.13 Å². The smallest absolute Gasteiger partial charge is 0.375 e. The first-order valence-electron chi connectivity index (χ1n) is 11.4. The van der Waals surface area contributed by atoms with Crippen molar-refractivity contribution in [1.29, 1.82) is 0 Å². The first-order valence-corrected chi connectivity index (χ1v) is 15.9. The molecule has 0 saturated heterocycles. The molecule has 1 aromatic rings. The van der Waals surface area contributed by atoms with Crippen LogP contribution in [-0.4, -0.2) is 27.1 Å². The Hall–Kier alpha value is -1.28. The summed E-state index contributed by atoms with van der Waals surface area (Å²) in [7, 11) is -4.79. The van der Waals surface area contributed by atoms with Crippen LogP contribution in [0.4, 0.5) is 0 Å². The molecule has 1 aromatic carbocycles. The minimum absolute atomic E-state index is 0.0700. The Balaban J connectivity index is 2.75. The third-order valence-electron chi connectivity index (χ3n) is 5.86. The highest BCUT2D eigenvalue weighted by Gasteiger charge is 2.33. The fourth-order valence-electron chi connectivity index (χ4n) is 4.22. The molecule has 0 radical (unpaired) electrons. The second-order valence-corrected chi connectivity index (χ2v) is 14.2. The molecule has 0 aliphatic heterocycles. The quantitative estimate of drug-likeness (QED) is 0.181. The molecule has 1 aliphatic carbocycles. The molecule has 0 aromatic heterocycles. The predicted octanol–water partition coefficient (Wildman–Crippen LogP) is 8.20. The molecule has 180 valence electrons. The van der Waals surface area contributed by atoms with E-state index in [4.69, 9.17) is 13.6 Å². The molecule has 3 unspecified atom stereocenters. The molecule has 1 aliphatic rings. The van der Waals surface area contributed by atoms with Crippen LogP contribution in [-0.2, 0) is 20.1 Å². The normalized spacial score (nSPS) is 20.9. The summed E-state index contributed by atoms with van der Waals surface area (Å²) in [6.07, 6.45) is 8.27. The summed E-state index contributed by atoms with van der Waals surface area (Å²) in [5.74, 6) is 1.14. The van der Waals surface area contributed by atoms with Crippen molar-refractivity contribution in [2.24, 2.45) is 5.92 Å². The lowest BCUT2D eigenvalue weighted by Crippen LogP contribution is -2.18. The van der Waals surface area contributed by atoms with Gasteiger partial charge in [-0.15, -0.1) is 0 Å². The summed E-state index contributed by atoms with van der Waals surface area (Å²) < 4.78 is 42.8. The van der Waals surface area contributed by atoms with Crippen LogP contribution in [0.15, 0.2) is 35.9 Å². The Bertz CT molecular complexity index is 944. The van der Waals surface area contributed by atoms with Crippen LogP contribution in [0.25, 0.3) is 0 Å². The molecule has 7 heteroatoms. The Morgan fingerprint density at radius 3 is 2.28 bits per heavy atom. The first-order chi connectivity index (χ1) is 14.9. The number of unbranched alkanes of at least 4 members (excludes halogenated alkanes) is 2. The van der Waals surface area contributed by atoms with Crippen molar-refractivity contribution >= 4 is 15.0 Å². The van der Waals surface area contributed by atoms with Crippen LogP contribution in [0.5, 0.6) is 11.5 Å². The molecule has 0 fully saturated rings. The Kier molecular flexibility index (Phi) is 9.46. The van der Waals surface area contributed by atoms with E-state index < -0.39 is 15.0 Å². The maximum absolute atomic E-state index is 12.9. The van der Waals surface area contributed by atoms with Crippen molar-refractivity contribution in [1.82, 2.24) is 0 Å². The molecule has 0 N–H and O–H groups in total. The molecule has 0 bridgehead atoms. The van der Waals surface area contributed by atoms with Gasteiger partial charge in [0.2, 0.25) is 7.37 Å². The highest BCUT2D eigenvalue weighted by Crippen LogP contribution is 2.54. The van der Waals surface area contributed by atoms with Gasteiger partial charge in [-0.3, -0.25) is 4.57 Å². The van der Waals surface area contributed by atoms with Gasteiger partial charge >= 0.3 is 7.60 Å². The Labute approximate surface area is 194 Å². The van der Waals surface area contributed by atoms with Gasteiger partial charge in [0.05, 0.1) is 0 Å².